The maximum atomic E-state index is 13.4. The molecule has 0 saturated carbocycles. The fourth-order valence-electron chi connectivity index (χ4n) is 4.83. The van der Waals surface area contributed by atoms with Crippen LogP contribution in [0.2, 0.25) is 5.02 Å². The Balaban J connectivity index is 1.43. The highest BCUT2D eigenvalue weighted by Crippen LogP contribution is 2.33. The van der Waals surface area contributed by atoms with E-state index in [0.717, 1.165) is 5.69 Å². The van der Waals surface area contributed by atoms with E-state index in [-0.39, 0.29) is 30.8 Å². The molecule has 10 nitrogen and oxygen atoms in total. The lowest BCUT2D eigenvalue weighted by molar-refractivity contribution is -0.133. The summed E-state index contributed by atoms with van der Waals surface area (Å²) in [6.07, 6.45) is 6.51. The molecule has 202 valence electrons. The molecule has 2 aliphatic rings. The molecule has 2 bridgehead atoms. The van der Waals surface area contributed by atoms with Crippen LogP contribution >= 0.6 is 11.6 Å². The molecular weight excluding hydrogens is 520 g/mol. The number of H-pyrrole nitrogens is 1. The van der Waals surface area contributed by atoms with Gasteiger partial charge >= 0.3 is 6.09 Å². The van der Waals surface area contributed by atoms with E-state index >= 15 is 0 Å². The second-order valence-corrected chi connectivity index (χ2v) is 9.78. The van der Waals surface area contributed by atoms with Gasteiger partial charge in [0.2, 0.25) is 11.8 Å². The van der Waals surface area contributed by atoms with Crippen LogP contribution < -0.4 is 15.5 Å². The van der Waals surface area contributed by atoms with Crippen molar-refractivity contribution in [1.82, 2.24) is 14.9 Å². The number of ether oxygens (including phenoxy) is 1. The van der Waals surface area contributed by atoms with Gasteiger partial charge in [0.15, 0.2) is 0 Å². The summed E-state index contributed by atoms with van der Waals surface area (Å²) in [5, 5.41) is 6.19. The molecule has 0 aliphatic carbocycles. The van der Waals surface area contributed by atoms with Crippen molar-refractivity contribution in [3.63, 3.8) is 0 Å². The highest BCUT2D eigenvalue weighted by atomic mass is 35.5. The van der Waals surface area contributed by atoms with Crippen LogP contribution in [-0.4, -0.2) is 59.5 Å². The third-order valence-corrected chi connectivity index (χ3v) is 7.02. The van der Waals surface area contributed by atoms with E-state index in [1.54, 1.807) is 24.4 Å². The molecule has 39 heavy (non-hydrogen) atoms. The number of fused-ring (bicyclic) bond motifs is 4. The molecule has 11 heteroatoms. The van der Waals surface area contributed by atoms with Crippen LogP contribution in [0.5, 0.6) is 0 Å². The van der Waals surface area contributed by atoms with E-state index < -0.39 is 6.09 Å². The molecule has 1 atom stereocenters. The minimum atomic E-state index is -0.610. The lowest BCUT2D eigenvalue weighted by Gasteiger charge is -2.39. The number of carbonyl (C=O) groups excluding carboxylic acids is 3. The van der Waals surface area contributed by atoms with Crippen LogP contribution in [0.3, 0.4) is 0 Å². The number of piperazine rings is 1. The zero-order chi connectivity index (χ0) is 27.4. The maximum Gasteiger partial charge on any atom is 0.411 e. The predicted molar refractivity (Wildman–Crippen MR) is 150 cm³/mol. The number of nitrogens with zero attached hydrogens (tertiary/aromatic N) is 3. The van der Waals surface area contributed by atoms with Gasteiger partial charge in [-0.3, -0.25) is 14.9 Å². The number of benzene rings is 2. The second kappa shape index (κ2) is 11.6. The second-order valence-electron chi connectivity index (χ2n) is 9.35. The minimum Gasteiger partial charge on any atom is -0.453 e. The van der Waals surface area contributed by atoms with Crippen LogP contribution in [0.25, 0.3) is 11.3 Å². The van der Waals surface area contributed by atoms with Crippen LogP contribution in [0, 0.1) is 0 Å². The standard InChI is InChI=1S/C28H29ClN6O4/c1-39-28(38)31-19-10-11-21-22(15-19)32-25(36)9-4-2-3-8-24(27-30-16-23(21)33-27)35-13-12-34(17-26(35)37)20-7-5-6-18(29)14-20/h2-3,5-7,10-11,14-16,24H,4,8-9,12-13,17H2,1H3,(H,30,33)(H,31,38)(H,32,36)/b3-2+. The number of carbonyl (C=O) groups is 3. The molecule has 1 unspecified atom stereocenters. The molecule has 2 aromatic carbocycles. The minimum absolute atomic E-state index is 0.00216. The summed E-state index contributed by atoms with van der Waals surface area (Å²) in [5.41, 5.74) is 3.20. The number of rotatable bonds is 3. The smallest absolute Gasteiger partial charge is 0.411 e. The number of aromatic amines is 1. The third kappa shape index (κ3) is 6.06. The van der Waals surface area contributed by atoms with Crippen LogP contribution in [0.15, 0.2) is 60.8 Å². The first-order chi connectivity index (χ1) is 18.9. The van der Waals surface area contributed by atoms with Gasteiger partial charge in [0, 0.05) is 47.7 Å². The molecule has 0 spiro atoms. The number of hydrogen-bond donors (Lipinski definition) is 3. The van der Waals surface area contributed by atoms with Gasteiger partial charge in [-0.2, -0.15) is 0 Å². The lowest BCUT2D eigenvalue weighted by Crippen LogP contribution is -2.51. The fourth-order valence-corrected chi connectivity index (χ4v) is 5.01. The maximum absolute atomic E-state index is 13.4. The van der Waals surface area contributed by atoms with Crippen molar-refractivity contribution in [3.05, 3.63) is 71.7 Å². The van der Waals surface area contributed by atoms with Gasteiger partial charge in [0.05, 0.1) is 31.1 Å². The van der Waals surface area contributed by atoms with Crippen LogP contribution in [0.4, 0.5) is 21.9 Å². The molecule has 5 rings (SSSR count). The summed E-state index contributed by atoms with van der Waals surface area (Å²) >= 11 is 6.17. The average Bonchev–Trinajstić information content (AvgIpc) is 3.40. The number of imidazole rings is 1. The summed E-state index contributed by atoms with van der Waals surface area (Å²) in [6, 6.07) is 12.4. The fraction of sp³-hybridized carbons (Fsp3) is 0.286. The Morgan fingerprint density at radius 2 is 2.03 bits per heavy atom. The first-order valence-corrected chi connectivity index (χ1v) is 13.1. The Bertz CT molecular complexity index is 1420. The van der Waals surface area contributed by atoms with Crippen LogP contribution in [0.1, 0.15) is 31.1 Å². The van der Waals surface area contributed by atoms with Crippen molar-refractivity contribution in [1.29, 1.82) is 0 Å². The van der Waals surface area contributed by atoms with Gasteiger partial charge in [-0.15, -0.1) is 0 Å². The van der Waals surface area contributed by atoms with E-state index in [9.17, 15) is 14.4 Å². The van der Waals surface area contributed by atoms with Gasteiger partial charge in [-0.05, 0) is 49.2 Å². The monoisotopic (exact) mass is 548 g/mol. The van der Waals surface area contributed by atoms with E-state index in [1.165, 1.54) is 7.11 Å². The van der Waals surface area contributed by atoms with Crippen LogP contribution in [-0.2, 0) is 14.3 Å². The summed E-state index contributed by atoms with van der Waals surface area (Å²) < 4.78 is 4.68. The van der Waals surface area contributed by atoms with Crippen molar-refractivity contribution in [2.75, 3.05) is 42.3 Å². The first-order valence-electron chi connectivity index (χ1n) is 12.7. The van der Waals surface area contributed by atoms with Crippen molar-refractivity contribution in [2.45, 2.75) is 25.3 Å². The Morgan fingerprint density at radius 3 is 2.82 bits per heavy atom. The average molecular weight is 549 g/mol. The molecule has 3 amide bonds. The van der Waals surface area contributed by atoms with Crippen molar-refractivity contribution in [3.8, 4) is 11.3 Å². The Hall–Kier alpha value is -4.31. The van der Waals surface area contributed by atoms with Gasteiger partial charge < -0.3 is 24.8 Å². The number of allylic oxidation sites excluding steroid dienone is 1. The number of methoxy groups -OCH3 is 1. The highest BCUT2D eigenvalue weighted by Gasteiger charge is 2.32. The van der Waals surface area contributed by atoms with Gasteiger partial charge in [0.1, 0.15) is 5.82 Å². The van der Waals surface area contributed by atoms with E-state index in [4.69, 9.17) is 16.6 Å². The molecule has 1 fully saturated rings. The van der Waals surface area contributed by atoms with Gasteiger partial charge in [-0.25, -0.2) is 9.78 Å². The third-order valence-electron chi connectivity index (χ3n) is 6.79. The number of hydrogen-bond acceptors (Lipinski definition) is 6. The summed E-state index contributed by atoms with van der Waals surface area (Å²) in [6.45, 7) is 1.43. The lowest BCUT2D eigenvalue weighted by atomic mass is 10.1. The number of anilines is 3. The first kappa shape index (κ1) is 26.3. The Kier molecular flexibility index (Phi) is 7.83. The SMILES string of the molecule is COC(=O)Nc1ccc2c(c1)NC(=O)CC/C=C/CC(N1CCN(c3cccc(Cl)c3)CC1=O)c1nc-2c[nH]1. The number of nitrogens with one attached hydrogen (secondary N) is 3. The molecule has 3 aromatic rings. The van der Waals surface area contributed by atoms with Crippen molar-refractivity contribution in [2.24, 2.45) is 0 Å². The summed E-state index contributed by atoms with van der Waals surface area (Å²) in [7, 11) is 1.28. The predicted octanol–water partition coefficient (Wildman–Crippen LogP) is 4.98. The normalized spacial score (nSPS) is 18.7. The van der Waals surface area contributed by atoms with Crippen molar-refractivity contribution < 1.29 is 19.1 Å². The molecule has 1 aromatic heterocycles. The number of amides is 3. The number of halogens is 1. The molecule has 2 aliphatic heterocycles. The number of aromatic nitrogens is 2. The molecule has 0 radical (unpaired) electrons. The largest absolute Gasteiger partial charge is 0.453 e. The van der Waals surface area contributed by atoms with Crippen molar-refractivity contribution >= 4 is 46.6 Å². The molecule has 1 saturated heterocycles. The Labute approximate surface area is 231 Å². The summed E-state index contributed by atoms with van der Waals surface area (Å²) in [5.74, 6) is 0.500. The van der Waals surface area contributed by atoms with E-state index in [2.05, 4.69) is 20.4 Å². The highest BCUT2D eigenvalue weighted by molar-refractivity contribution is 6.30. The Morgan fingerprint density at radius 1 is 1.15 bits per heavy atom. The van der Waals surface area contributed by atoms with E-state index in [1.807, 2.05) is 46.2 Å². The topological polar surface area (TPSA) is 120 Å². The molecule has 3 heterocycles. The molecule has 3 N–H and O–H groups in total. The van der Waals surface area contributed by atoms with Gasteiger partial charge in [0.25, 0.3) is 0 Å². The van der Waals surface area contributed by atoms with Gasteiger partial charge in [-0.1, -0.05) is 29.8 Å². The zero-order valence-corrected chi connectivity index (χ0v) is 22.2. The zero-order valence-electron chi connectivity index (χ0n) is 21.4. The quantitative estimate of drug-likeness (QED) is 0.397. The molecular formula is C28H29ClN6O4. The summed E-state index contributed by atoms with van der Waals surface area (Å²) in [4.78, 5) is 49.8. The van der Waals surface area contributed by atoms with E-state index in [0.29, 0.717) is 59.4 Å².